The third-order valence-corrected chi connectivity index (χ3v) is 2.87. The Hall–Kier alpha value is -1.61. The standard InChI is InChI=1S/C13H16N2O/c1-3-10-6-4-5-7-11(10)13(16)12-8-9-14-15(12)2/h4-9,13,16H,3H2,1-2H3. The van der Waals surface area contributed by atoms with Crippen LogP contribution in [0.3, 0.4) is 0 Å². The maximum atomic E-state index is 10.3. The molecule has 0 fully saturated rings. The van der Waals surface area contributed by atoms with E-state index in [1.54, 1.807) is 10.9 Å². The molecule has 0 spiro atoms. The first-order valence-corrected chi connectivity index (χ1v) is 5.47. The number of hydrogen-bond donors (Lipinski definition) is 1. The number of nitrogens with zero attached hydrogens (tertiary/aromatic N) is 2. The van der Waals surface area contributed by atoms with Gasteiger partial charge in [0.2, 0.25) is 0 Å². The van der Waals surface area contributed by atoms with E-state index < -0.39 is 6.10 Å². The van der Waals surface area contributed by atoms with E-state index in [1.807, 2.05) is 31.3 Å². The Morgan fingerprint density at radius 2 is 2.06 bits per heavy atom. The van der Waals surface area contributed by atoms with Gasteiger partial charge >= 0.3 is 0 Å². The van der Waals surface area contributed by atoms with E-state index in [4.69, 9.17) is 0 Å². The molecule has 0 saturated heterocycles. The molecule has 1 aromatic carbocycles. The quantitative estimate of drug-likeness (QED) is 0.852. The topological polar surface area (TPSA) is 38.1 Å². The van der Waals surface area contributed by atoms with E-state index in [2.05, 4.69) is 18.1 Å². The van der Waals surface area contributed by atoms with Gasteiger partial charge in [0, 0.05) is 13.2 Å². The van der Waals surface area contributed by atoms with Crippen LogP contribution in [-0.2, 0) is 13.5 Å². The molecule has 0 aliphatic rings. The normalized spacial score (nSPS) is 12.7. The van der Waals surface area contributed by atoms with Crippen LogP contribution >= 0.6 is 0 Å². The maximum absolute atomic E-state index is 10.3. The molecule has 2 aromatic rings. The summed E-state index contributed by atoms with van der Waals surface area (Å²) in [5.74, 6) is 0. The zero-order valence-electron chi connectivity index (χ0n) is 9.59. The molecule has 1 aromatic heterocycles. The van der Waals surface area contributed by atoms with Gasteiger partial charge in [-0.1, -0.05) is 31.2 Å². The van der Waals surface area contributed by atoms with Gasteiger partial charge in [-0.15, -0.1) is 0 Å². The van der Waals surface area contributed by atoms with Gasteiger partial charge in [0.25, 0.3) is 0 Å². The molecule has 1 heterocycles. The van der Waals surface area contributed by atoms with Crippen LogP contribution in [0, 0.1) is 0 Å². The monoisotopic (exact) mass is 216 g/mol. The highest BCUT2D eigenvalue weighted by Gasteiger charge is 2.15. The van der Waals surface area contributed by atoms with Crippen molar-refractivity contribution in [2.45, 2.75) is 19.4 Å². The van der Waals surface area contributed by atoms with Gasteiger partial charge in [0.15, 0.2) is 0 Å². The zero-order valence-corrected chi connectivity index (χ0v) is 9.59. The summed E-state index contributed by atoms with van der Waals surface area (Å²) in [6.45, 7) is 2.09. The van der Waals surface area contributed by atoms with Crippen molar-refractivity contribution in [1.29, 1.82) is 0 Å². The van der Waals surface area contributed by atoms with Crippen LogP contribution in [0.5, 0.6) is 0 Å². The molecule has 1 unspecified atom stereocenters. The Kier molecular flexibility index (Phi) is 3.06. The van der Waals surface area contributed by atoms with Gasteiger partial charge in [-0.25, -0.2) is 0 Å². The molecule has 0 aliphatic heterocycles. The molecule has 0 bridgehead atoms. The Morgan fingerprint density at radius 3 is 2.69 bits per heavy atom. The highest BCUT2D eigenvalue weighted by atomic mass is 16.3. The first kappa shape index (κ1) is 10.9. The number of aliphatic hydroxyl groups is 1. The maximum Gasteiger partial charge on any atom is 0.121 e. The molecular weight excluding hydrogens is 200 g/mol. The fourth-order valence-corrected chi connectivity index (χ4v) is 1.93. The Bertz CT molecular complexity index is 476. The fraction of sp³-hybridized carbons (Fsp3) is 0.308. The SMILES string of the molecule is CCc1ccccc1C(O)c1ccnn1C. The number of aryl methyl sites for hydroxylation is 2. The van der Waals surface area contributed by atoms with Gasteiger partial charge in [0.1, 0.15) is 6.10 Å². The van der Waals surface area contributed by atoms with E-state index in [0.717, 1.165) is 17.7 Å². The average Bonchev–Trinajstić information content (AvgIpc) is 2.74. The second-order valence-corrected chi connectivity index (χ2v) is 3.83. The molecule has 84 valence electrons. The minimum absolute atomic E-state index is 0.594. The second-order valence-electron chi connectivity index (χ2n) is 3.83. The highest BCUT2D eigenvalue weighted by Crippen LogP contribution is 2.24. The third kappa shape index (κ3) is 1.86. The van der Waals surface area contributed by atoms with Gasteiger partial charge in [-0.2, -0.15) is 5.10 Å². The summed E-state index contributed by atoms with van der Waals surface area (Å²) >= 11 is 0. The van der Waals surface area contributed by atoms with Crippen molar-refractivity contribution in [3.8, 4) is 0 Å². The molecule has 3 heteroatoms. The van der Waals surface area contributed by atoms with Crippen LogP contribution in [0.1, 0.15) is 29.8 Å². The van der Waals surface area contributed by atoms with Gasteiger partial charge in [-0.05, 0) is 23.6 Å². The molecule has 1 N–H and O–H groups in total. The Balaban J connectivity index is 2.41. The molecule has 16 heavy (non-hydrogen) atoms. The predicted molar refractivity (Wildman–Crippen MR) is 63.1 cm³/mol. The summed E-state index contributed by atoms with van der Waals surface area (Å²) in [6.07, 6.45) is 2.03. The van der Waals surface area contributed by atoms with Crippen molar-refractivity contribution in [2.24, 2.45) is 7.05 Å². The van der Waals surface area contributed by atoms with Crippen molar-refractivity contribution in [2.75, 3.05) is 0 Å². The van der Waals surface area contributed by atoms with Crippen molar-refractivity contribution >= 4 is 0 Å². The molecule has 0 aliphatic carbocycles. The van der Waals surface area contributed by atoms with Crippen molar-refractivity contribution in [3.05, 3.63) is 53.3 Å². The lowest BCUT2D eigenvalue weighted by Crippen LogP contribution is -2.08. The first-order valence-electron chi connectivity index (χ1n) is 5.47. The number of rotatable bonds is 3. The largest absolute Gasteiger partial charge is 0.382 e. The van der Waals surface area contributed by atoms with E-state index in [-0.39, 0.29) is 0 Å². The lowest BCUT2D eigenvalue weighted by atomic mass is 9.98. The summed E-state index contributed by atoms with van der Waals surface area (Å²) < 4.78 is 1.71. The highest BCUT2D eigenvalue weighted by molar-refractivity contribution is 5.33. The first-order chi connectivity index (χ1) is 7.74. The summed E-state index contributed by atoms with van der Waals surface area (Å²) in [4.78, 5) is 0. The van der Waals surface area contributed by atoms with Crippen molar-refractivity contribution < 1.29 is 5.11 Å². The van der Waals surface area contributed by atoms with Gasteiger partial charge < -0.3 is 5.11 Å². The van der Waals surface area contributed by atoms with Crippen LogP contribution < -0.4 is 0 Å². The van der Waals surface area contributed by atoms with E-state index in [9.17, 15) is 5.11 Å². The molecule has 2 rings (SSSR count). The Morgan fingerprint density at radius 1 is 1.31 bits per heavy atom. The van der Waals surface area contributed by atoms with Crippen LogP contribution in [0.25, 0.3) is 0 Å². The molecule has 0 radical (unpaired) electrons. The molecule has 0 amide bonds. The number of aliphatic hydroxyl groups excluding tert-OH is 1. The lowest BCUT2D eigenvalue weighted by molar-refractivity contribution is 0.208. The van der Waals surface area contributed by atoms with E-state index in [1.165, 1.54) is 5.56 Å². The van der Waals surface area contributed by atoms with E-state index >= 15 is 0 Å². The van der Waals surface area contributed by atoms with Gasteiger partial charge in [-0.3, -0.25) is 4.68 Å². The third-order valence-electron chi connectivity index (χ3n) is 2.87. The second kappa shape index (κ2) is 4.49. The van der Waals surface area contributed by atoms with E-state index in [0.29, 0.717) is 0 Å². The molecule has 3 nitrogen and oxygen atoms in total. The predicted octanol–water partition coefficient (Wildman–Crippen LogP) is 2.06. The minimum atomic E-state index is -0.594. The summed E-state index contributed by atoms with van der Waals surface area (Å²) in [6, 6.07) is 9.81. The fourth-order valence-electron chi connectivity index (χ4n) is 1.93. The summed E-state index contributed by atoms with van der Waals surface area (Å²) in [5.41, 5.74) is 2.96. The van der Waals surface area contributed by atoms with Crippen LogP contribution in [0.4, 0.5) is 0 Å². The van der Waals surface area contributed by atoms with Crippen LogP contribution in [-0.4, -0.2) is 14.9 Å². The number of aromatic nitrogens is 2. The molecular formula is C13H16N2O. The minimum Gasteiger partial charge on any atom is -0.382 e. The molecule has 0 saturated carbocycles. The smallest absolute Gasteiger partial charge is 0.121 e. The summed E-state index contributed by atoms with van der Waals surface area (Å²) in [7, 11) is 1.84. The van der Waals surface area contributed by atoms with Gasteiger partial charge in [0.05, 0.1) is 5.69 Å². The van der Waals surface area contributed by atoms with Crippen molar-refractivity contribution in [3.63, 3.8) is 0 Å². The number of hydrogen-bond acceptors (Lipinski definition) is 2. The lowest BCUT2D eigenvalue weighted by Gasteiger charge is -2.14. The zero-order chi connectivity index (χ0) is 11.5. The summed E-state index contributed by atoms with van der Waals surface area (Å²) in [5, 5.41) is 14.4. The van der Waals surface area contributed by atoms with Crippen LogP contribution in [0.15, 0.2) is 36.5 Å². The Labute approximate surface area is 95.3 Å². The number of benzene rings is 1. The average molecular weight is 216 g/mol. The van der Waals surface area contributed by atoms with Crippen molar-refractivity contribution in [1.82, 2.24) is 9.78 Å². The van der Waals surface area contributed by atoms with Crippen LogP contribution in [0.2, 0.25) is 0 Å². The molecule has 1 atom stereocenters.